The highest BCUT2D eigenvalue weighted by Gasteiger charge is 2.27. The maximum atomic E-state index is 12.2. The Morgan fingerprint density at radius 3 is 2.85 bits per heavy atom. The summed E-state index contributed by atoms with van der Waals surface area (Å²) in [5, 5.41) is 2.97. The third-order valence-corrected chi connectivity index (χ3v) is 4.17. The number of hydrogen-bond acceptors (Lipinski definition) is 5. The zero-order chi connectivity index (χ0) is 14.4. The second-order valence-electron chi connectivity index (χ2n) is 4.88. The first-order chi connectivity index (χ1) is 9.72. The lowest BCUT2D eigenvalue weighted by molar-refractivity contribution is 0.0422. The van der Waals surface area contributed by atoms with Crippen molar-refractivity contribution in [2.75, 3.05) is 40.0 Å². The Kier molecular flexibility index (Phi) is 5.94. The van der Waals surface area contributed by atoms with Gasteiger partial charge in [-0.25, -0.2) is 4.98 Å². The summed E-state index contributed by atoms with van der Waals surface area (Å²) in [5.74, 6) is 0.579. The number of nitrogens with zero attached hydrogens (tertiary/aromatic N) is 2. The van der Waals surface area contributed by atoms with Crippen molar-refractivity contribution in [3.8, 4) is 0 Å². The number of amides is 1. The Bertz CT molecular complexity index is 432. The van der Waals surface area contributed by atoms with Gasteiger partial charge in [0, 0.05) is 31.5 Å². The highest BCUT2D eigenvalue weighted by molar-refractivity contribution is 7.10. The highest BCUT2D eigenvalue weighted by atomic mass is 32.1. The van der Waals surface area contributed by atoms with E-state index >= 15 is 0 Å². The Labute approximate surface area is 123 Å². The molecule has 1 heterocycles. The molecule has 0 N–H and O–H groups in total. The lowest BCUT2D eigenvalue weighted by Crippen LogP contribution is -2.30. The van der Waals surface area contributed by atoms with Gasteiger partial charge < -0.3 is 14.4 Å². The van der Waals surface area contributed by atoms with Gasteiger partial charge in [0.25, 0.3) is 5.91 Å². The maximum absolute atomic E-state index is 12.2. The van der Waals surface area contributed by atoms with Crippen molar-refractivity contribution in [1.82, 2.24) is 9.88 Å². The van der Waals surface area contributed by atoms with Crippen LogP contribution in [0.3, 0.4) is 0 Å². The standard InChI is InChI=1S/C14H22N2O3S/c1-3-18-8-9-19-7-6-16(2)14(17)12-10-20-13(15-12)11-4-5-11/h10-11H,3-9H2,1-2H3. The molecule has 1 fully saturated rings. The molecule has 0 spiro atoms. The van der Waals surface area contributed by atoms with Crippen LogP contribution in [0.2, 0.25) is 0 Å². The van der Waals surface area contributed by atoms with E-state index < -0.39 is 0 Å². The zero-order valence-corrected chi connectivity index (χ0v) is 12.9. The molecule has 112 valence electrons. The summed E-state index contributed by atoms with van der Waals surface area (Å²) in [5.41, 5.74) is 0.564. The fourth-order valence-corrected chi connectivity index (χ4v) is 2.73. The zero-order valence-electron chi connectivity index (χ0n) is 12.1. The van der Waals surface area contributed by atoms with Crippen LogP contribution in [-0.2, 0) is 9.47 Å². The lowest BCUT2D eigenvalue weighted by Gasteiger charge is -2.15. The van der Waals surface area contributed by atoms with E-state index in [0.29, 0.717) is 44.6 Å². The molecule has 6 heteroatoms. The van der Waals surface area contributed by atoms with Crippen LogP contribution in [0.1, 0.15) is 41.2 Å². The Morgan fingerprint density at radius 2 is 2.15 bits per heavy atom. The van der Waals surface area contributed by atoms with E-state index in [0.717, 1.165) is 5.01 Å². The minimum Gasteiger partial charge on any atom is -0.379 e. The van der Waals surface area contributed by atoms with Gasteiger partial charge in [-0.05, 0) is 19.8 Å². The SMILES string of the molecule is CCOCCOCCN(C)C(=O)c1csc(C2CC2)n1. The topological polar surface area (TPSA) is 51.7 Å². The molecule has 5 nitrogen and oxygen atoms in total. The molecule has 0 saturated heterocycles. The van der Waals surface area contributed by atoms with Crippen LogP contribution in [-0.4, -0.2) is 55.8 Å². The molecule has 20 heavy (non-hydrogen) atoms. The molecule has 1 aliphatic rings. The van der Waals surface area contributed by atoms with Gasteiger partial charge in [-0.15, -0.1) is 11.3 Å². The third kappa shape index (κ3) is 4.54. The van der Waals surface area contributed by atoms with Crippen LogP contribution in [0, 0.1) is 0 Å². The van der Waals surface area contributed by atoms with Gasteiger partial charge >= 0.3 is 0 Å². The minimum atomic E-state index is -0.0263. The van der Waals surface area contributed by atoms with Gasteiger partial charge in [-0.2, -0.15) is 0 Å². The molecule has 0 radical (unpaired) electrons. The number of thiazole rings is 1. The number of hydrogen-bond donors (Lipinski definition) is 0. The first kappa shape index (κ1) is 15.4. The number of rotatable bonds is 9. The molecule has 1 aliphatic carbocycles. The maximum Gasteiger partial charge on any atom is 0.273 e. The van der Waals surface area contributed by atoms with Gasteiger partial charge in [-0.3, -0.25) is 4.79 Å². The first-order valence-electron chi connectivity index (χ1n) is 7.08. The number of carbonyl (C=O) groups is 1. The van der Waals surface area contributed by atoms with E-state index in [1.54, 1.807) is 23.3 Å². The molecule has 1 aromatic heterocycles. The van der Waals surface area contributed by atoms with Gasteiger partial charge in [0.05, 0.1) is 24.8 Å². The van der Waals surface area contributed by atoms with Gasteiger partial charge in [0.2, 0.25) is 0 Å². The Morgan fingerprint density at radius 1 is 1.40 bits per heavy atom. The molecule has 0 atom stereocenters. The third-order valence-electron chi connectivity index (χ3n) is 3.16. The molecule has 1 saturated carbocycles. The first-order valence-corrected chi connectivity index (χ1v) is 7.96. The van der Waals surface area contributed by atoms with E-state index in [1.807, 2.05) is 12.3 Å². The molecule has 0 bridgehead atoms. The largest absolute Gasteiger partial charge is 0.379 e. The second kappa shape index (κ2) is 7.71. The normalized spacial score (nSPS) is 14.5. The molecular weight excluding hydrogens is 276 g/mol. The summed E-state index contributed by atoms with van der Waals surface area (Å²) >= 11 is 1.60. The van der Waals surface area contributed by atoms with Gasteiger partial charge in [-0.1, -0.05) is 0 Å². The fraction of sp³-hybridized carbons (Fsp3) is 0.714. The monoisotopic (exact) mass is 298 g/mol. The predicted octanol–water partition coefficient (Wildman–Crippen LogP) is 2.15. The van der Waals surface area contributed by atoms with Gasteiger partial charge in [0.1, 0.15) is 5.69 Å². The van der Waals surface area contributed by atoms with E-state index in [1.165, 1.54) is 12.8 Å². The summed E-state index contributed by atoms with van der Waals surface area (Å²) in [6.07, 6.45) is 2.43. The number of aromatic nitrogens is 1. The van der Waals surface area contributed by atoms with Crippen LogP contribution in [0.5, 0.6) is 0 Å². The fourth-order valence-electron chi connectivity index (χ4n) is 1.77. The summed E-state index contributed by atoms with van der Waals surface area (Å²) < 4.78 is 10.6. The van der Waals surface area contributed by atoms with E-state index in [9.17, 15) is 4.79 Å². The van der Waals surface area contributed by atoms with Crippen LogP contribution < -0.4 is 0 Å². The lowest BCUT2D eigenvalue weighted by atomic mass is 10.4. The average molecular weight is 298 g/mol. The highest BCUT2D eigenvalue weighted by Crippen LogP contribution is 2.41. The van der Waals surface area contributed by atoms with Crippen molar-refractivity contribution in [3.63, 3.8) is 0 Å². The summed E-state index contributed by atoms with van der Waals surface area (Å²) in [6.45, 7) is 4.92. The van der Waals surface area contributed by atoms with E-state index in [4.69, 9.17) is 9.47 Å². The Balaban J connectivity index is 1.68. The van der Waals surface area contributed by atoms with Crippen molar-refractivity contribution >= 4 is 17.2 Å². The van der Waals surface area contributed by atoms with Crippen molar-refractivity contribution in [2.45, 2.75) is 25.7 Å². The molecule has 2 rings (SSSR count). The molecule has 1 amide bonds. The molecule has 1 aromatic rings. The average Bonchev–Trinajstić information content (AvgIpc) is 3.19. The van der Waals surface area contributed by atoms with Crippen molar-refractivity contribution in [1.29, 1.82) is 0 Å². The summed E-state index contributed by atoms with van der Waals surface area (Å²) in [6, 6.07) is 0. The van der Waals surface area contributed by atoms with Crippen LogP contribution in [0.15, 0.2) is 5.38 Å². The molecule has 0 aromatic carbocycles. The second-order valence-corrected chi connectivity index (χ2v) is 5.77. The number of likely N-dealkylation sites (N-methyl/N-ethyl adjacent to an activating group) is 1. The molecular formula is C14H22N2O3S. The smallest absolute Gasteiger partial charge is 0.273 e. The predicted molar refractivity (Wildman–Crippen MR) is 78.4 cm³/mol. The number of carbonyl (C=O) groups excluding carboxylic acids is 1. The van der Waals surface area contributed by atoms with Crippen molar-refractivity contribution in [2.24, 2.45) is 0 Å². The summed E-state index contributed by atoms with van der Waals surface area (Å²) in [7, 11) is 1.78. The number of ether oxygens (including phenoxy) is 2. The van der Waals surface area contributed by atoms with Crippen LogP contribution >= 0.6 is 11.3 Å². The quantitative estimate of drug-likeness (QED) is 0.656. The minimum absolute atomic E-state index is 0.0263. The molecule has 0 aliphatic heterocycles. The van der Waals surface area contributed by atoms with Gasteiger partial charge in [0.15, 0.2) is 0 Å². The van der Waals surface area contributed by atoms with Crippen LogP contribution in [0.4, 0.5) is 0 Å². The van der Waals surface area contributed by atoms with Crippen LogP contribution in [0.25, 0.3) is 0 Å². The van der Waals surface area contributed by atoms with E-state index in [2.05, 4.69) is 4.98 Å². The molecule has 0 unspecified atom stereocenters. The van der Waals surface area contributed by atoms with E-state index in [-0.39, 0.29) is 5.91 Å². The summed E-state index contributed by atoms with van der Waals surface area (Å²) in [4.78, 5) is 18.2. The Hall–Kier alpha value is -0.980. The van der Waals surface area contributed by atoms with Crippen molar-refractivity contribution < 1.29 is 14.3 Å². The van der Waals surface area contributed by atoms with Crippen molar-refractivity contribution in [3.05, 3.63) is 16.1 Å².